The molecular formula is C13H17F3N4O. The quantitative estimate of drug-likeness (QED) is 0.894. The molecule has 0 radical (unpaired) electrons. The fourth-order valence-electron chi connectivity index (χ4n) is 1.84. The number of ether oxygens (including phenoxy) is 1. The van der Waals surface area contributed by atoms with Crippen LogP contribution in [0.25, 0.3) is 0 Å². The molecule has 0 amide bonds. The summed E-state index contributed by atoms with van der Waals surface area (Å²) >= 11 is 0. The zero-order valence-corrected chi connectivity index (χ0v) is 11.7. The summed E-state index contributed by atoms with van der Waals surface area (Å²) in [6, 6.07) is 3.15. The van der Waals surface area contributed by atoms with E-state index in [4.69, 9.17) is 0 Å². The van der Waals surface area contributed by atoms with E-state index in [1.165, 1.54) is 12.3 Å². The minimum atomic E-state index is -4.35. The van der Waals surface area contributed by atoms with Gasteiger partial charge in [-0.15, -0.1) is 0 Å². The van der Waals surface area contributed by atoms with Crippen molar-refractivity contribution in [3.05, 3.63) is 23.9 Å². The highest BCUT2D eigenvalue weighted by Gasteiger charge is 2.28. The molecule has 116 valence electrons. The standard InChI is InChI=1S/C13H17F3N4O/c1-20-7-6-18-12(20)17-5-4-10-2-3-11(19-8-10)21-9-13(14,15)16/h2-3,8H,4-7,9H2,1H3,(H,17,18). The van der Waals surface area contributed by atoms with Gasteiger partial charge >= 0.3 is 6.18 Å². The monoisotopic (exact) mass is 302 g/mol. The van der Waals surface area contributed by atoms with Crippen LogP contribution in [0.15, 0.2) is 23.3 Å². The molecule has 0 aliphatic carbocycles. The van der Waals surface area contributed by atoms with Crippen molar-refractivity contribution in [2.45, 2.75) is 12.6 Å². The number of nitrogens with one attached hydrogen (secondary N) is 1. The minimum Gasteiger partial charge on any atom is -0.468 e. The van der Waals surface area contributed by atoms with E-state index >= 15 is 0 Å². The summed E-state index contributed by atoms with van der Waals surface area (Å²) in [4.78, 5) is 10.2. The van der Waals surface area contributed by atoms with Crippen LogP contribution in [0.1, 0.15) is 5.56 Å². The Bertz CT molecular complexity index is 487. The lowest BCUT2D eigenvalue weighted by Gasteiger charge is -2.15. The van der Waals surface area contributed by atoms with Crippen molar-refractivity contribution >= 4 is 5.96 Å². The molecule has 8 heteroatoms. The molecule has 2 heterocycles. The van der Waals surface area contributed by atoms with Crippen molar-refractivity contribution in [1.29, 1.82) is 0 Å². The van der Waals surface area contributed by atoms with E-state index in [1.54, 1.807) is 6.07 Å². The first-order valence-corrected chi connectivity index (χ1v) is 6.58. The minimum absolute atomic E-state index is 0.0241. The largest absolute Gasteiger partial charge is 0.468 e. The van der Waals surface area contributed by atoms with E-state index in [-0.39, 0.29) is 5.88 Å². The molecule has 2 rings (SSSR count). The summed E-state index contributed by atoms with van der Waals surface area (Å²) in [6.45, 7) is 1.07. The van der Waals surface area contributed by atoms with Gasteiger partial charge in [-0.3, -0.25) is 4.99 Å². The van der Waals surface area contributed by atoms with Crippen LogP contribution in [0.3, 0.4) is 0 Å². The van der Waals surface area contributed by atoms with E-state index < -0.39 is 12.8 Å². The first-order valence-electron chi connectivity index (χ1n) is 6.58. The Labute approximate surface area is 120 Å². The Morgan fingerprint density at radius 2 is 2.19 bits per heavy atom. The number of likely N-dealkylation sites (N-methyl/N-ethyl adjacent to an activating group) is 1. The average molecular weight is 302 g/mol. The van der Waals surface area contributed by atoms with Gasteiger partial charge < -0.3 is 15.0 Å². The molecule has 0 fully saturated rings. The molecule has 0 aromatic carbocycles. The normalized spacial score (nSPS) is 15.0. The fraction of sp³-hybridized carbons (Fsp3) is 0.538. The fourth-order valence-corrected chi connectivity index (χ4v) is 1.84. The third-order valence-corrected chi connectivity index (χ3v) is 2.94. The van der Waals surface area contributed by atoms with Crippen molar-refractivity contribution < 1.29 is 17.9 Å². The molecule has 1 aromatic heterocycles. The van der Waals surface area contributed by atoms with E-state index in [2.05, 4.69) is 20.0 Å². The summed E-state index contributed by atoms with van der Waals surface area (Å²) in [7, 11) is 1.97. The van der Waals surface area contributed by atoms with Gasteiger partial charge in [-0.2, -0.15) is 13.2 Å². The number of rotatable bonds is 5. The first-order chi connectivity index (χ1) is 9.94. The van der Waals surface area contributed by atoms with Gasteiger partial charge in [0, 0.05) is 32.4 Å². The van der Waals surface area contributed by atoms with Gasteiger partial charge in [0.1, 0.15) is 0 Å². The molecule has 1 aromatic rings. The Balaban J connectivity index is 1.74. The molecule has 1 N–H and O–H groups in total. The van der Waals surface area contributed by atoms with E-state index in [0.717, 1.165) is 24.6 Å². The molecule has 5 nitrogen and oxygen atoms in total. The number of halogens is 3. The molecule has 0 atom stereocenters. The van der Waals surface area contributed by atoms with Gasteiger partial charge in [-0.25, -0.2) is 4.98 Å². The van der Waals surface area contributed by atoms with Gasteiger partial charge in [-0.05, 0) is 12.0 Å². The van der Waals surface area contributed by atoms with Gasteiger partial charge in [0.25, 0.3) is 0 Å². The predicted molar refractivity (Wildman–Crippen MR) is 72.4 cm³/mol. The van der Waals surface area contributed by atoms with Crippen LogP contribution in [-0.2, 0) is 6.42 Å². The second kappa shape index (κ2) is 6.64. The van der Waals surface area contributed by atoms with E-state index in [0.29, 0.717) is 13.0 Å². The second-order valence-electron chi connectivity index (χ2n) is 4.71. The summed E-state index contributed by atoms with van der Waals surface area (Å²) in [5.41, 5.74) is 0.920. The van der Waals surface area contributed by atoms with Gasteiger partial charge in [0.2, 0.25) is 5.88 Å². The maximum absolute atomic E-state index is 12.0. The molecule has 1 aliphatic rings. The van der Waals surface area contributed by atoms with Crippen LogP contribution in [0, 0.1) is 0 Å². The highest BCUT2D eigenvalue weighted by Crippen LogP contribution is 2.17. The highest BCUT2D eigenvalue weighted by atomic mass is 19.4. The number of hydrogen-bond acceptors (Lipinski definition) is 5. The molecule has 0 bridgehead atoms. The van der Waals surface area contributed by atoms with Crippen LogP contribution in [0.5, 0.6) is 5.88 Å². The lowest BCUT2D eigenvalue weighted by Crippen LogP contribution is -2.36. The zero-order valence-electron chi connectivity index (χ0n) is 11.7. The molecule has 0 spiro atoms. The number of nitrogens with zero attached hydrogens (tertiary/aromatic N) is 3. The number of alkyl halides is 3. The van der Waals surface area contributed by atoms with Crippen LogP contribution in [-0.4, -0.2) is 55.3 Å². The Morgan fingerprint density at radius 3 is 2.76 bits per heavy atom. The summed E-state index contributed by atoms with van der Waals surface area (Å²) in [6.07, 6.45) is -2.12. The Kier molecular flexibility index (Phi) is 4.87. The Morgan fingerprint density at radius 1 is 1.38 bits per heavy atom. The van der Waals surface area contributed by atoms with E-state index in [1.807, 2.05) is 11.9 Å². The maximum atomic E-state index is 12.0. The molecular weight excluding hydrogens is 285 g/mol. The number of guanidine groups is 1. The first kappa shape index (κ1) is 15.4. The number of aromatic nitrogens is 1. The van der Waals surface area contributed by atoms with Crippen molar-refractivity contribution in [2.75, 3.05) is 33.3 Å². The highest BCUT2D eigenvalue weighted by molar-refractivity contribution is 5.81. The van der Waals surface area contributed by atoms with Gasteiger partial charge in [0.15, 0.2) is 12.6 Å². The molecule has 0 saturated carbocycles. The molecule has 0 unspecified atom stereocenters. The van der Waals surface area contributed by atoms with E-state index in [9.17, 15) is 13.2 Å². The smallest absolute Gasteiger partial charge is 0.422 e. The SMILES string of the molecule is CN1CCN=C1NCCc1ccc(OCC(F)(F)F)nc1. The number of hydrogen-bond donors (Lipinski definition) is 1. The van der Waals surface area contributed by atoms with Crippen LogP contribution in [0.2, 0.25) is 0 Å². The summed E-state index contributed by atoms with van der Waals surface area (Å²) < 4.78 is 40.5. The van der Waals surface area contributed by atoms with Crippen LogP contribution >= 0.6 is 0 Å². The third-order valence-electron chi connectivity index (χ3n) is 2.94. The van der Waals surface area contributed by atoms with Crippen molar-refractivity contribution in [3.63, 3.8) is 0 Å². The van der Waals surface area contributed by atoms with Crippen molar-refractivity contribution in [3.8, 4) is 5.88 Å². The van der Waals surface area contributed by atoms with Crippen molar-refractivity contribution in [2.24, 2.45) is 4.99 Å². The lowest BCUT2D eigenvalue weighted by molar-refractivity contribution is -0.154. The summed E-state index contributed by atoms with van der Waals surface area (Å²) in [5, 5.41) is 3.21. The van der Waals surface area contributed by atoms with Gasteiger partial charge in [-0.1, -0.05) is 6.07 Å². The number of aliphatic imine (C=N–C) groups is 1. The average Bonchev–Trinajstić information content (AvgIpc) is 2.83. The van der Waals surface area contributed by atoms with Crippen LogP contribution < -0.4 is 10.1 Å². The summed E-state index contributed by atoms with van der Waals surface area (Å²) in [5.74, 6) is 0.844. The van der Waals surface area contributed by atoms with Gasteiger partial charge in [0.05, 0.1) is 6.54 Å². The second-order valence-corrected chi connectivity index (χ2v) is 4.71. The molecule has 21 heavy (non-hydrogen) atoms. The van der Waals surface area contributed by atoms with Crippen LogP contribution in [0.4, 0.5) is 13.2 Å². The predicted octanol–water partition coefficient (Wildman–Crippen LogP) is 1.46. The number of pyridine rings is 1. The maximum Gasteiger partial charge on any atom is 0.422 e. The molecule has 0 saturated heterocycles. The Hall–Kier alpha value is -1.99. The third kappa shape index (κ3) is 5.13. The lowest BCUT2D eigenvalue weighted by atomic mass is 10.2. The molecule has 1 aliphatic heterocycles. The zero-order chi connectivity index (χ0) is 15.3. The van der Waals surface area contributed by atoms with Crippen molar-refractivity contribution in [1.82, 2.24) is 15.2 Å². The topological polar surface area (TPSA) is 49.8 Å².